The highest BCUT2D eigenvalue weighted by atomic mass is 32.1. The fourth-order valence-electron chi connectivity index (χ4n) is 5.63. The molecule has 0 bridgehead atoms. The normalized spacial score (nSPS) is 21.1. The summed E-state index contributed by atoms with van der Waals surface area (Å²) in [7, 11) is 0. The maximum absolute atomic E-state index is 14.7. The van der Waals surface area contributed by atoms with Crippen molar-refractivity contribution in [2.24, 2.45) is 5.92 Å². The molecule has 4 amide bonds. The van der Waals surface area contributed by atoms with E-state index in [0.717, 1.165) is 19.9 Å². The van der Waals surface area contributed by atoms with Gasteiger partial charge >= 0.3 is 6.09 Å². The molecule has 0 unspecified atom stereocenters. The Bertz CT molecular complexity index is 1620. The summed E-state index contributed by atoms with van der Waals surface area (Å²) in [5, 5.41) is 0.912. The third-order valence-corrected chi connectivity index (χ3v) is 8.44. The van der Waals surface area contributed by atoms with Crippen LogP contribution in [0.25, 0.3) is 10.1 Å². The van der Waals surface area contributed by atoms with Gasteiger partial charge in [-0.15, -0.1) is 11.3 Å². The highest BCUT2D eigenvalue weighted by Gasteiger charge is 2.64. The number of anilines is 2. The number of hydrogen-bond acceptors (Lipinski definition) is 6. The molecular formula is C31H26N2O5S. The van der Waals surface area contributed by atoms with Crippen molar-refractivity contribution in [2.75, 3.05) is 9.80 Å². The van der Waals surface area contributed by atoms with Gasteiger partial charge in [-0.3, -0.25) is 19.3 Å². The Morgan fingerprint density at radius 1 is 0.923 bits per heavy atom. The highest BCUT2D eigenvalue weighted by molar-refractivity contribution is 7.19. The van der Waals surface area contributed by atoms with Gasteiger partial charge in [0.15, 0.2) is 0 Å². The zero-order valence-corrected chi connectivity index (χ0v) is 22.5. The SMILES string of the molecule is CC(C)(C)OC(=O)N1C(=O)[C@](c2cc3ccccc3s2)([C@H]2CC(=O)N(c3ccccc3)C2=O)c2ccccc21. The van der Waals surface area contributed by atoms with Crippen molar-refractivity contribution in [2.45, 2.75) is 38.2 Å². The van der Waals surface area contributed by atoms with Crippen molar-refractivity contribution in [1.82, 2.24) is 0 Å². The molecule has 4 aromatic rings. The molecule has 0 saturated carbocycles. The highest BCUT2D eigenvalue weighted by Crippen LogP contribution is 2.56. The van der Waals surface area contributed by atoms with Crippen LogP contribution in [0, 0.1) is 5.92 Å². The van der Waals surface area contributed by atoms with Gasteiger partial charge < -0.3 is 4.74 Å². The van der Waals surface area contributed by atoms with E-state index in [1.54, 1.807) is 75.4 Å². The number of thiophene rings is 1. The molecule has 1 saturated heterocycles. The molecule has 0 radical (unpaired) electrons. The number of fused-ring (bicyclic) bond motifs is 2. The third-order valence-electron chi connectivity index (χ3n) is 7.18. The predicted octanol–water partition coefficient (Wildman–Crippen LogP) is 6.05. The summed E-state index contributed by atoms with van der Waals surface area (Å²) in [4.78, 5) is 58.6. The van der Waals surface area contributed by atoms with Crippen LogP contribution in [0.5, 0.6) is 0 Å². The zero-order valence-electron chi connectivity index (χ0n) is 21.7. The Labute approximate surface area is 229 Å². The van der Waals surface area contributed by atoms with Gasteiger partial charge in [-0.1, -0.05) is 54.6 Å². The molecule has 6 rings (SSSR count). The molecule has 0 aliphatic carbocycles. The van der Waals surface area contributed by atoms with E-state index in [-0.39, 0.29) is 6.42 Å². The van der Waals surface area contributed by atoms with Crippen molar-refractivity contribution in [3.05, 3.63) is 95.4 Å². The predicted molar refractivity (Wildman–Crippen MR) is 150 cm³/mol. The second-order valence-corrected chi connectivity index (χ2v) is 11.8. The summed E-state index contributed by atoms with van der Waals surface area (Å²) in [5.41, 5.74) is -1.13. The van der Waals surface area contributed by atoms with Gasteiger partial charge in [-0.05, 0) is 62.1 Å². The van der Waals surface area contributed by atoms with Crippen molar-refractivity contribution < 1.29 is 23.9 Å². The van der Waals surface area contributed by atoms with Gasteiger partial charge in [0.25, 0.3) is 5.91 Å². The summed E-state index contributed by atoms with van der Waals surface area (Å²) >= 11 is 1.39. The van der Waals surface area contributed by atoms with Gasteiger partial charge in [0.05, 0.1) is 17.3 Å². The Morgan fingerprint density at radius 2 is 1.59 bits per heavy atom. The van der Waals surface area contributed by atoms with Crippen LogP contribution in [-0.4, -0.2) is 29.4 Å². The lowest BCUT2D eigenvalue weighted by Gasteiger charge is -2.32. The number of benzene rings is 3. The number of ether oxygens (including phenoxy) is 1. The fourth-order valence-corrected chi connectivity index (χ4v) is 6.95. The van der Waals surface area contributed by atoms with Gasteiger partial charge in [-0.25, -0.2) is 9.69 Å². The second-order valence-electron chi connectivity index (χ2n) is 10.8. The van der Waals surface area contributed by atoms with Gasteiger partial charge in [0.2, 0.25) is 11.8 Å². The number of para-hydroxylation sites is 2. The molecule has 1 aromatic heterocycles. The van der Waals surface area contributed by atoms with E-state index >= 15 is 0 Å². The maximum Gasteiger partial charge on any atom is 0.421 e. The minimum absolute atomic E-state index is 0.176. The number of rotatable bonds is 3. The quantitative estimate of drug-likeness (QED) is 0.297. The fraction of sp³-hybridized carbons (Fsp3) is 0.226. The van der Waals surface area contributed by atoms with Gasteiger partial charge in [0.1, 0.15) is 11.0 Å². The van der Waals surface area contributed by atoms with Crippen LogP contribution in [0.3, 0.4) is 0 Å². The summed E-state index contributed by atoms with van der Waals surface area (Å²) < 4.78 is 6.58. The van der Waals surface area contributed by atoms with Crippen LogP contribution in [0.15, 0.2) is 84.9 Å². The molecule has 39 heavy (non-hydrogen) atoms. The second kappa shape index (κ2) is 8.88. The van der Waals surface area contributed by atoms with E-state index in [2.05, 4.69) is 0 Å². The average Bonchev–Trinajstić information content (AvgIpc) is 3.53. The van der Waals surface area contributed by atoms with Crippen LogP contribution < -0.4 is 9.80 Å². The smallest absolute Gasteiger partial charge is 0.421 e. The topological polar surface area (TPSA) is 84.0 Å². The first kappa shape index (κ1) is 25.0. The van der Waals surface area contributed by atoms with Crippen molar-refractivity contribution in [3.63, 3.8) is 0 Å². The molecule has 2 atom stereocenters. The van der Waals surface area contributed by atoms with Gasteiger partial charge in [0, 0.05) is 16.0 Å². The number of carbonyl (C=O) groups is 4. The summed E-state index contributed by atoms with van der Waals surface area (Å²) in [6, 6.07) is 25.3. The lowest BCUT2D eigenvalue weighted by atomic mass is 9.69. The first-order chi connectivity index (χ1) is 18.6. The first-order valence-corrected chi connectivity index (χ1v) is 13.5. The van der Waals surface area contributed by atoms with Crippen LogP contribution in [0.1, 0.15) is 37.6 Å². The molecule has 2 aliphatic rings. The molecule has 7 nitrogen and oxygen atoms in total. The molecule has 2 aliphatic heterocycles. The lowest BCUT2D eigenvalue weighted by molar-refractivity contribution is -0.130. The number of imide groups is 2. The van der Waals surface area contributed by atoms with E-state index in [4.69, 9.17) is 4.74 Å². The average molecular weight is 539 g/mol. The molecule has 3 heterocycles. The van der Waals surface area contributed by atoms with Crippen molar-refractivity contribution in [3.8, 4) is 0 Å². The number of nitrogens with zero attached hydrogens (tertiary/aromatic N) is 2. The van der Waals surface area contributed by atoms with Crippen molar-refractivity contribution in [1.29, 1.82) is 0 Å². The zero-order chi connectivity index (χ0) is 27.5. The minimum atomic E-state index is -1.59. The van der Waals surface area contributed by atoms with E-state index in [1.165, 1.54) is 11.3 Å². The first-order valence-electron chi connectivity index (χ1n) is 12.7. The summed E-state index contributed by atoms with van der Waals surface area (Å²) in [6.45, 7) is 5.19. The standard InChI is InChI=1S/C31H26N2O5S/c1-30(2,3)38-29(37)33-23-15-9-8-14-21(23)31(28(33)36,25-17-19-11-7-10-16-24(19)39-25)22-18-26(34)32(27(22)35)20-12-5-4-6-13-20/h4-17,22H,18H2,1-3H3/t22-,31-/m0/s1. The Morgan fingerprint density at radius 3 is 2.31 bits per heavy atom. The molecule has 0 N–H and O–H groups in total. The Hall–Kier alpha value is -4.30. The van der Waals surface area contributed by atoms with E-state index < -0.39 is 40.7 Å². The van der Waals surface area contributed by atoms with E-state index in [9.17, 15) is 19.2 Å². The third kappa shape index (κ3) is 3.78. The number of amides is 4. The number of hydrogen-bond donors (Lipinski definition) is 0. The van der Waals surface area contributed by atoms with E-state index in [0.29, 0.717) is 21.8 Å². The molecule has 1 fully saturated rings. The monoisotopic (exact) mass is 538 g/mol. The summed E-state index contributed by atoms with van der Waals surface area (Å²) in [5.74, 6) is -2.51. The summed E-state index contributed by atoms with van der Waals surface area (Å²) in [6.07, 6.45) is -0.996. The molecular weight excluding hydrogens is 512 g/mol. The lowest BCUT2D eigenvalue weighted by Crippen LogP contribution is -2.51. The van der Waals surface area contributed by atoms with Crippen LogP contribution in [-0.2, 0) is 24.5 Å². The molecule has 196 valence electrons. The number of carbonyl (C=O) groups excluding carboxylic acids is 4. The largest absolute Gasteiger partial charge is 0.443 e. The van der Waals surface area contributed by atoms with Gasteiger partial charge in [-0.2, -0.15) is 0 Å². The van der Waals surface area contributed by atoms with Crippen LogP contribution >= 0.6 is 11.3 Å². The van der Waals surface area contributed by atoms with E-state index in [1.807, 2.05) is 30.3 Å². The maximum atomic E-state index is 14.7. The van der Waals surface area contributed by atoms with Crippen LogP contribution in [0.4, 0.5) is 16.2 Å². The molecule has 0 spiro atoms. The molecule has 3 aromatic carbocycles. The van der Waals surface area contributed by atoms with Crippen LogP contribution in [0.2, 0.25) is 0 Å². The Balaban J connectivity index is 1.59. The Kier molecular flexibility index (Phi) is 5.69. The van der Waals surface area contributed by atoms with Crippen molar-refractivity contribution >= 4 is 56.6 Å². The minimum Gasteiger partial charge on any atom is -0.443 e. The molecule has 8 heteroatoms.